The van der Waals surface area contributed by atoms with Crippen molar-refractivity contribution in [3.8, 4) is 16.3 Å². The molecule has 2 aromatic carbocycles. The van der Waals surface area contributed by atoms with Gasteiger partial charge in [0.05, 0.1) is 18.8 Å². The molecule has 0 atom stereocenters. The normalized spacial score (nSPS) is 13.1. The molecule has 1 aliphatic rings. The minimum absolute atomic E-state index is 0.0627. The van der Waals surface area contributed by atoms with Crippen molar-refractivity contribution in [3.05, 3.63) is 64.7 Å². The zero-order valence-corrected chi connectivity index (χ0v) is 16.9. The van der Waals surface area contributed by atoms with E-state index < -0.39 is 0 Å². The fourth-order valence-corrected chi connectivity index (χ4v) is 4.41. The first-order valence-corrected chi connectivity index (χ1v) is 10.3. The van der Waals surface area contributed by atoms with Crippen LogP contribution in [0.15, 0.2) is 48.5 Å². The summed E-state index contributed by atoms with van der Waals surface area (Å²) < 4.78 is 5.51. The molecule has 2 amide bonds. The molecular weight excluding hydrogens is 370 g/mol. The van der Waals surface area contributed by atoms with Gasteiger partial charge in [0.25, 0.3) is 0 Å². The highest BCUT2D eigenvalue weighted by molar-refractivity contribution is 7.15. The van der Waals surface area contributed by atoms with Crippen LogP contribution in [0, 0.1) is 6.92 Å². The Morgan fingerprint density at radius 2 is 2.07 bits per heavy atom. The predicted molar refractivity (Wildman–Crippen MR) is 113 cm³/mol. The van der Waals surface area contributed by atoms with Crippen LogP contribution in [-0.2, 0) is 13.0 Å². The fraction of sp³-hybridized carbons (Fsp3) is 0.273. The summed E-state index contributed by atoms with van der Waals surface area (Å²) in [6.45, 7) is 5.93. The van der Waals surface area contributed by atoms with Gasteiger partial charge < -0.3 is 15.0 Å². The molecule has 0 bridgehead atoms. The average molecular weight is 394 g/mol. The molecular formula is C22H23N3O2S. The molecule has 28 heavy (non-hydrogen) atoms. The van der Waals surface area contributed by atoms with Crippen molar-refractivity contribution in [3.63, 3.8) is 0 Å². The molecule has 0 saturated heterocycles. The van der Waals surface area contributed by atoms with Crippen molar-refractivity contribution < 1.29 is 9.53 Å². The molecule has 0 radical (unpaired) electrons. The first-order valence-electron chi connectivity index (χ1n) is 9.47. The summed E-state index contributed by atoms with van der Waals surface area (Å²) in [4.78, 5) is 20.5. The molecule has 0 aliphatic carbocycles. The van der Waals surface area contributed by atoms with Gasteiger partial charge in [0.1, 0.15) is 10.8 Å². The van der Waals surface area contributed by atoms with Crippen molar-refractivity contribution in [2.45, 2.75) is 26.8 Å². The van der Waals surface area contributed by atoms with Crippen LogP contribution >= 0.6 is 11.3 Å². The molecule has 0 spiro atoms. The van der Waals surface area contributed by atoms with Crippen LogP contribution in [-0.4, -0.2) is 29.1 Å². The first kappa shape index (κ1) is 18.5. The van der Waals surface area contributed by atoms with E-state index in [1.54, 1.807) is 11.3 Å². The maximum atomic E-state index is 12.6. The Bertz CT molecular complexity index is 982. The standard InChI is InChI=1S/C22H23N3O2S/c1-3-27-18-9-7-16(8-10-18)21-24-19-11-12-25(14-20(19)28-21)22(26)23-17-6-4-5-15(2)13-17/h4-10,13H,3,11-12,14H2,1-2H3,(H,23,26). The third-order valence-electron chi connectivity index (χ3n) is 4.70. The van der Waals surface area contributed by atoms with Crippen LogP contribution in [0.3, 0.4) is 0 Å². The predicted octanol–water partition coefficient (Wildman–Crippen LogP) is 5.11. The van der Waals surface area contributed by atoms with E-state index in [9.17, 15) is 4.79 Å². The molecule has 0 fully saturated rings. The Morgan fingerprint density at radius 1 is 1.25 bits per heavy atom. The van der Waals surface area contributed by atoms with E-state index in [-0.39, 0.29) is 6.03 Å². The number of ether oxygens (including phenoxy) is 1. The van der Waals surface area contributed by atoms with Crippen LogP contribution in [0.25, 0.3) is 10.6 Å². The van der Waals surface area contributed by atoms with Crippen molar-refractivity contribution in [2.75, 3.05) is 18.5 Å². The lowest BCUT2D eigenvalue weighted by Gasteiger charge is -2.26. The van der Waals surface area contributed by atoms with Gasteiger partial charge in [-0.1, -0.05) is 12.1 Å². The number of nitrogens with zero attached hydrogens (tertiary/aromatic N) is 2. The van der Waals surface area contributed by atoms with Gasteiger partial charge >= 0.3 is 6.03 Å². The topological polar surface area (TPSA) is 54.5 Å². The van der Waals surface area contributed by atoms with E-state index in [0.29, 0.717) is 19.7 Å². The number of nitrogens with one attached hydrogen (secondary N) is 1. The summed E-state index contributed by atoms with van der Waals surface area (Å²) in [5, 5.41) is 3.99. The Balaban J connectivity index is 1.46. The maximum Gasteiger partial charge on any atom is 0.322 e. The smallest absolute Gasteiger partial charge is 0.322 e. The number of aromatic nitrogens is 1. The van der Waals surface area contributed by atoms with Crippen molar-refractivity contribution >= 4 is 23.1 Å². The molecule has 6 heteroatoms. The molecule has 3 aromatic rings. The Kier molecular flexibility index (Phi) is 5.30. The number of carbonyl (C=O) groups is 1. The van der Waals surface area contributed by atoms with Gasteiger partial charge in [0.15, 0.2) is 0 Å². The fourth-order valence-electron chi connectivity index (χ4n) is 3.28. The van der Waals surface area contributed by atoms with E-state index in [4.69, 9.17) is 9.72 Å². The average Bonchev–Trinajstić information content (AvgIpc) is 3.12. The van der Waals surface area contributed by atoms with Crippen molar-refractivity contribution in [2.24, 2.45) is 0 Å². The van der Waals surface area contributed by atoms with Crippen molar-refractivity contribution in [1.82, 2.24) is 9.88 Å². The van der Waals surface area contributed by atoms with Crippen molar-refractivity contribution in [1.29, 1.82) is 0 Å². The lowest BCUT2D eigenvalue weighted by molar-refractivity contribution is 0.207. The second-order valence-electron chi connectivity index (χ2n) is 6.82. The Labute approximate surface area is 169 Å². The van der Waals surface area contributed by atoms with E-state index in [1.165, 1.54) is 0 Å². The lowest BCUT2D eigenvalue weighted by atomic mass is 10.2. The third-order valence-corrected chi connectivity index (χ3v) is 5.83. The summed E-state index contributed by atoms with van der Waals surface area (Å²) >= 11 is 1.66. The highest BCUT2D eigenvalue weighted by Gasteiger charge is 2.24. The Morgan fingerprint density at radius 3 is 2.82 bits per heavy atom. The van der Waals surface area contributed by atoms with E-state index >= 15 is 0 Å². The highest BCUT2D eigenvalue weighted by Crippen LogP contribution is 2.32. The Hall–Kier alpha value is -2.86. The summed E-state index contributed by atoms with van der Waals surface area (Å²) in [5.41, 5.74) is 4.14. The zero-order chi connectivity index (χ0) is 19.5. The minimum Gasteiger partial charge on any atom is -0.494 e. The lowest BCUT2D eigenvalue weighted by Crippen LogP contribution is -2.38. The van der Waals surface area contributed by atoms with Crippen LogP contribution in [0.5, 0.6) is 5.75 Å². The van der Waals surface area contributed by atoms with Gasteiger partial charge in [0.2, 0.25) is 0 Å². The summed E-state index contributed by atoms with van der Waals surface area (Å²) in [6, 6.07) is 15.8. The first-order chi connectivity index (χ1) is 13.6. The number of thiazole rings is 1. The number of aryl methyl sites for hydroxylation is 1. The minimum atomic E-state index is -0.0627. The molecule has 144 valence electrons. The summed E-state index contributed by atoms with van der Waals surface area (Å²) in [7, 11) is 0. The second kappa shape index (κ2) is 8.02. The van der Waals surface area contributed by atoms with Gasteiger partial charge in [-0.2, -0.15) is 0 Å². The van der Waals surface area contributed by atoms with Crippen LogP contribution in [0.1, 0.15) is 23.1 Å². The van der Waals surface area contributed by atoms with Crippen LogP contribution < -0.4 is 10.1 Å². The maximum absolute atomic E-state index is 12.6. The molecule has 4 rings (SSSR count). The van der Waals surface area contributed by atoms with E-state index in [2.05, 4.69) is 5.32 Å². The molecule has 1 aliphatic heterocycles. The van der Waals surface area contributed by atoms with Gasteiger partial charge in [-0.3, -0.25) is 0 Å². The number of fused-ring (bicyclic) bond motifs is 1. The number of rotatable bonds is 4. The van der Waals surface area contributed by atoms with Gasteiger partial charge in [-0.05, 0) is 55.8 Å². The van der Waals surface area contributed by atoms with E-state index in [0.717, 1.165) is 44.6 Å². The monoisotopic (exact) mass is 393 g/mol. The number of benzene rings is 2. The molecule has 0 unspecified atom stereocenters. The number of anilines is 1. The zero-order valence-electron chi connectivity index (χ0n) is 16.1. The van der Waals surface area contributed by atoms with Crippen LogP contribution in [0.4, 0.5) is 10.5 Å². The van der Waals surface area contributed by atoms with Gasteiger partial charge in [0, 0.05) is 29.1 Å². The quantitative estimate of drug-likeness (QED) is 0.670. The number of amides is 2. The molecule has 0 saturated carbocycles. The second-order valence-corrected chi connectivity index (χ2v) is 7.90. The largest absolute Gasteiger partial charge is 0.494 e. The van der Waals surface area contributed by atoms with E-state index in [1.807, 2.05) is 67.3 Å². The number of hydrogen-bond donors (Lipinski definition) is 1. The van der Waals surface area contributed by atoms with Crippen LogP contribution in [0.2, 0.25) is 0 Å². The molecule has 1 N–H and O–H groups in total. The SMILES string of the molecule is CCOc1ccc(-c2nc3c(s2)CN(C(=O)Nc2cccc(C)c2)CC3)cc1. The van der Waals surface area contributed by atoms with Gasteiger partial charge in [-0.15, -0.1) is 11.3 Å². The summed E-state index contributed by atoms with van der Waals surface area (Å²) in [5.74, 6) is 0.867. The third kappa shape index (κ3) is 4.02. The van der Waals surface area contributed by atoms with Gasteiger partial charge in [-0.25, -0.2) is 9.78 Å². The molecule has 1 aromatic heterocycles. The highest BCUT2D eigenvalue weighted by atomic mass is 32.1. The number of hydrogen-bond acceptors (Lipinski definition) is 4. The number of carbonyl (C=O) groups excluding carboxylic acids is 1. The summed E-state index contributed by atoms with van der Waals surface area (Å²) in [6.07, 6.45) is 0.782. The molecule has 5 nitrogen and oxygen atoms in total. The number of urea groups is 1. The molecule has 2 heterocycles.